The predicted molar refractivity (Wildman–Crippen MR) is 53.9 cm³/mol. The van der Waals surface area contributed by atoms with Gasteiger partial charge in [-0.1, -0.05) is 18.2 Å². The number of hydrogen-bond acceptors (Lipinski definition) is 2. The first-order valence-corrected chi connectivity index (χ1v) is 6.30. The summed E-state index contributed by atoms with van der Waals surface area (Å²) in [5, 5.41) is 0.934. The van der Waals surface area contributed by atoms with Crippen molar-refractivity contribution in [3.05, 3.63) is 29.8 Å². The summed E-state index contributed by atoms with van der Waals surface area (Å²) in [5.74, 6) is 0. The van der Waals surface area contributed by atoms with Gasteiger partial charge in [0.2, 0.25) is 7.37 Å². The molecule has 1 heterocycles. The van der Waals surface area contributed by atoms with E-state index in [0.29, 0.717) is 6.16 Å². The van der Waals surface area contributed by atoms with Crippen LogP contribution < -0.4 is 5.30 Å². The summed E-state index contributed by atoms with van der Waals surface area (Å²) < 4.78 is 17.4. The fourth-order valence-electron chi connectivity index (χ4n) is 1.84. The Hall–Kier alpha value is -0.590. The molecule has 0 saturated heterocycles. The topological polar surface area (TPSA) is 26.3 Å². The monoisotopic (exact) mass is 196 g/mol. The number of hydrogen-bond donors (Lipinski definition) is 0. The Morgan fingerprint density at radius 2 is 2.15 bits per heavy atom. The molecule has 3 heteroatoms. The largest absolute Gasteiger partial charge is 0.329 e. The Morgan fingerprint density at radius 1 is 1.38 bits per heavy atom. The van der Waals surface area contributed by atoms with E-state index in [0.717, 1.165) is 18.1 Å². The fourth-order valence-corrected chi connectivity index (χ4v) is 3.97. The van der Waals surface area contributed by atoms with E-state index in [9.17, 15) is 4.57 Å². The van der Waals surface area contributed by atoms with Crippen LogP contribution in [-0.2, 0) is 15.5 Å². The van der Waals surface area contributed by atoms with Gasteiger partial charge in [-0.2, -0.15) is 0 Å². The lowest BCUT2D eigenvalue weighted by molar-refractivity contribution is 0.400. The van der Waals surface area contributed by atoms with Crippen LogP contribution in [0.3, 0.4) is 0 Å². The molecule has 2 nitrogen and oxygen atoms in total. The van der Waals surface area contributed by atoms with Crippen molar-refractivity contribution >= 4 is 12.7 Å². The number of rotatable bonds is 1. The fraction of sp³-hybridized carbons (Fsp3) is 0.400. The van der Waals surface area contributed by atoms with E-state index in [1.807, 2.05) is 24.3 Å². The third kappa shape index (κ3) is 1.45. The molecule has 0 amide bonds. The summed E-state index contributed by atoms with van der Waals surface area (Å²) in [4.78, 5) is 0. The van der Waals surface area contributed by atoms with Crippen LogP contribution in [0.5, 0.6) is 0 Å². The standard InChI is InChI=1S/C10H13O2P/c1-12-13(11)8-4-6-9-5-2-3-7-10(9)13/h2-3,5,7H,4,6,8H2,1H3. The van der Waals surface area contributed by atoms with E-state index in [1.165, 1.54) is 5.56 Å². The average Bonchev–Trinajstić information content (AvgIpc) is 2.19. The van der Waals surface area contributed by atoms with Crippen molar-refractivity contribution in [2.24, 2.45) is 0 Å². The zero-order chi connectivity index (χ0) is 9.31. The Bertz CT molecular complexity index is 360. The molecule has 0 radical (unpaired) electrons. The van der Waals surface area contributed by atoms with E-state index < -0.39 is 7.37 Å². The van der Waals surface area contributed by atoms with Crippen molar-refractivity contribution in [2.75, 3.05) is 13.3 Å². The van der Waals surface area contributed by atoms with Crippen LogP contribution in [0.25, 0.3) is 0 Å². The second-order valence-electron chi connectivity index (χ2n) is 3.31. The van der Waals surface area contributed by atoms with E-state index >= 15 is 0 Å². The first-order valence-electron chi connectivity index (χ1n) is 4.49. The molecule has 0 bridgehead atoms. The van der Waals surface area contributed by atoms with Crippen molar-refractivity contribution in [1.29, 1.82) is 0 Å². The lowest BCUT2D eigenvalue weighted by Gasteiger charge is -2.23. The minimum atomic E-state index is -2.48. The van der Waals surface area contributed by atoms with Crippen LogP contribution in [0.2, 0.25) is 0 Å². The van der Waals surface area contributed by atoms with Gasteiger partial charge >= 0.3 is 0 Å². The minimum absolute atomic E-state index is 0.695. The minimum Gasteiger partial charge on any atom is -0.329 e. The number of fused-ring (bicyclic) bond motifs is 1. The SMILES string of the molecule is COP1(=O)CCCc2ccccc21. The molecule has 2 rings (SSSR count). The normalized spacial score (nSPS) is 26.8. The molecule has 1 atom stereocenters. The van der Waals surface area contributed by atoms with Crippen molar-refractivity contribution in [1.82, 2.24) is 0 Å². The Labute approximate surface area is 78.4 Å². The Kier molecular flexibility index (Phi) is 2.27. The molecule has 13 heavy (non-hydrogen) atoms. The molecule has 70 valence electrons. The van der Waals surface area contributed by atoms with Crippen molar-refractivity contribution in [3.8, 4) is 0 Å². The highest BCUT2D eigenvalue weighted by Crippen LogP contribution is 2.48. The number of benzene rings is 1. The molecule has 0 saturated carbocycles. The molecule has 1 aromatic rings. The first kappa shape index (κ1) is 8.98. The Morgan fingerprint density at radius 3 is 2.92 bits per heavy atom. The van der Waals surface area contributed by atoms with Gasteiger partial charge < -0.3 is 4.52 Å². The van der Waals surface area contributed by atoms with Crippen LogP contribution in [0.15, 0.2) is 24.3 Å². The smallest absolute Gasteiger partial charge is 0.232 e. The summed E-state index contributed by atoms with van der Waals surface area (Å²) in [6, 6.07) is 7.89. The molecule has 1 aromatic carbocycles. The van der Waals surface area contributed by atoms with E-state index in [-0.39, 0.29) is 0 Å². The third-order valence-corrected chi connectivity index (χ3v) is 5.22. The summed E-state index contributed by atoms with van der Waals surface area (Å²) in [5.41, 5.74) is 1.19. The molecule has 0 spiro atoms. The van der Waals surface area contributed by atoms with Crippen molar-refractivity contribution in [3.63, 3.8) is 0 Å². The second-order valence-corrected chi connectivity index (χ2v) is 5.95. The maximum Gasteiger partial charge on any atom is 0.232 e. The van der Waals surface area contributed by atoms with Crippen LogP contribution in [0.4, 0.5) is 0 Å². The van der Waals surface area contributed by atoms with Gasteiger partial charge in [-0.05, 0) is 24.5 Å². The van der Waals surface area contributed by atoms with Crippen molar-refractivity contribution < 1.29 is 9.09 Å². The summed E-state index contributed by atoms with van der Waals surface area (Å²) in [7, 11) is -0.940. The maximum atomic E-state index is 12.2. The quantitative estimate of drug-likeness (QED) is 0.643. The highest BCUT2D eigenvalue weighted by molar-refractivity contribution is 7.67. The number of aryl methyl sites for hydroxylation is 1. The van der Waals surface area contributed by atoms with Gasteiger partial charge in [0, 0.05) is 18.6 Å². The predicted octanol–water partition coefficient (Wildman–Crippen LogP) is 2.18. The summed E-state index contributed by atoms with van der Waals surface area (Å²) in [6.07, 6.45) is 2.70. The summed E-state index contributed by atoms with van der Waals surface area (Å²) in [6.45, 7) is 0. The molecule has 1 aliphatic rings. The molecular weight excluding hydrogens is 183 g/mol. The van der Waals surface area contributed by atoms with E-state index in [1.54, 1.807) is 7.11 Å². The van der Waals surface area contributed by atoms with Crippen LogP contribution in [0.1, 0.15) is 12.0 Å². The molecule has 0 aliphatic carbocycles. The average molecular weight is 196 g/mol. The van der Waals surface area contributed by atoms with Gasteiger partial charge in [0.25, 0.3) is 0 Å². The lowest BCUT2D eigenvalue weighted by atomic mass is 10.1. The molecule has 0 aromatic heterocycles. The van der Waals surface area contributed by atoms with Crippen molar-refractivity contribution in [2.45, 2.75) is 12.8 Å². The molecule has 0 fully saturated rings. The van der Waals surface area contributed by atoms with E-state index in [4.69, 9.17) is 4.52 Å². The highest BCUT2D eigenvalue weighted by atomic mass is 31.2. The van der Waals surface area contributed by atoms with Gasteiger partial charge in [0.1, 0.15) is 0 Å². The molecule has 1 unspecified atom stereocenters. The van der Waals surface area contributed by atoms with Crippen LogP contribution >= 0.6 is 7.37 Å². The van der Waals surface area contributed by atoms with E-state index in [2.05, 4.69) is 0 Å². The van der Waals surface area contributed by atoms with Gasteiger partial charge in [-0.3, -0.25) is 4.57 Å². The van der Waals surface area contributed by atoms with Gasteiger partial charge in [0.05, 0.1) is 0 Å². The van der Waals surface area contributed by atoms with Gasteiger partial charge in [-0.15, -0.1) is 0 Å². The van der Waals surface area contributed by atoms with Gasteiger partial charge in [0.15, 0.2) is 0 Å². The van der Waals surface area contributed by atoms with Crippen LogP contribution in [-0.4, -0.2) is 13.3 Å². The highest BCUT2D eigenvalue weighted by Gasteiger charge is 2.29. The zero-order valence-corrected chi connectivity index (χ0v) is 8.59. The molecular formula is C10H13O2P. The second kappa shape index (κ2) is 3.28. The zero-order valence-electron chi connectivity index (χ0n) is 7.69. The maximum absolute atomic E-state index is 12.2. The Balaban J connectivity index is 2.55. The molecule has 1 aliphatic heterocycles. The summed E-state index contributed by atoms with van der Waals surface area (Å²) >= 11 is 0. The van der Waals surface area contributed by atoms with Gasteiger partial charge in [-0.25, -0.2) is 0 Å². The van der Waals surface area contributed by atoms with Crippen LogP contribution in [0, 0.1) is 0 Å². The lowest BCUT2D eigenvalue weighted by Crippen LogP contribution is -2.19. The third-order valence-electron chi connectivity index (χ3n) is 2.55. The molecule has 0 N–H and O–H groups in total. The first-order chi connectivity index (χ1) is 6.26.